The van der Waals surface area contributed by atoms with Crippen molar-refractivity contribution in [3.63, 3.8) is 0 Å². The summed E-state index contributed by atoms with van der Waals surface area (Å²) in [5, 5.41) is 5.33. The fourth-order valence-electron chi connectivity index (χ4n) is 3.96. The Morgan fingerprint density at radius 3 is 2.76 bits per heavy atom. The summed E-state index contributed by atoms with van der Waals surface area (Å²) in [6, 6.07) is 12.6. The Balaban J connectivity index is 1.62. The minimum atomic E-state index is 0.0589. The van der Waals surface area contributed by atoms with E-state index in [0.29, 0.717) is 11.5 Å². The van der Waals surface area contributed by atoms with Crippen LogP contribution in [0, 0.1) is 6.92 Å². The molecule has 4 rings (SSSR count). The molecular weight excluding hydrogens is 312 g/mol. The predicted octanol–water partition coefficient (Wildman–Crippen LogP) is 3.29. The van der Waals surface area contributed by atoms with Gasteiger partial charge in [-0.3, -0.25) is 9.48 Å². The summed E-state index contributed by atoms with van der Waals surface area (Å²) in [4.78, 5) is 19.5. The second kappa shape index (κ2) is 5.99. The lowest BCUT2D eigenvalue weighted by molar-refractivity contribution is 0.0742. The van der Waals surface area contributed by atoms with E-state index in [-0.39, 0.29) is 11.9 Å². The maximum atomic E-state index is 13.1. The lowest BCUT2D eigenvalue weighted by atomic mass is 9.93. The largest absolute Gasteiger partial charge is 0.335 e. The number of nitrogens with zero attached hydrogens (tertiary/aromatic N) is 4. The molecule has 1 aliphatic rings. The second-order valence-corrected chi connectivity index (χ2v) is 6.85. The van der Waals surface area contributed by atoms with Crippen molar-refractivity contribution < 1.29 is 4.79 Å². The van der Waals surface area contributed by atoms with Crippen LogP contribution in [0.5, 0.6) is 0 Å². The Hall–Kier alpha value is -2.69. The minimum Gasteiger partial charge on any atom is -0.335 e. The van der Waals surface area contributed by atoms with Gasteiger partial charge in [-0.1, -0.05) is 30.3 Å². The molecule has 0 spiro atoms. The van der Waals surface area contributed by atoms with Crippen molar-refractivity contribution in [3.8, 4) is 0 Å². The zero-order valence-corrected chi connectivity index (χ0v) is 14.8. The van der Waals surface area contributed by atoms with E-state index in [1.807, 2.05) is 31.0 Å². The highest BCUT2D eigenvalue weighted by molar-refractivity contribution is 5.97. The molecule has 2 unspecified atom stereocenters. The summed E-state index contributed by atoms with van der Waals surface area (Å²) in [6.07, 6.45) is 2.67. The van der Waals surface area contributed by atoms with Crippen LogP contribution in [-0.2, 0) is 7.05 Å². The molecule has 1 fully saturated rings. The maximum Gasteiger partial charge on any atom is 0.255 e. The molecule has 1 aromatic carbocycles. The average molecular weight is 334 g/mol. The van der Waals surface area contributed by atoms with Gasteiger partial charge < -0.3 is 4.90 Å². The van der Waals surface area contributed by atoms with Gasteiger partial charge in [-0.05, 0) is 31.9 Å². The second-order valence-electron chi connectivity index (χ2n) is 6.85. The van der Waals surface area contributed by atoms with E-state index in [1.54, 1.807) is 10.9 Å². The normalized spacial score (nSPS) is 20.4. The van der Waals surface area contributed by atoms with Crippen molar-refractivity contribution in [1.29, 1.82) is 0 Å². The fraction of sp³-hybridized carbons (Fsp3) is 0.350. The van der Waals surface area contributed by atoms with Crippen LogP contribution >= 0.6 is 0 Å². The molecule has 5 heteroatoms. The quantitative estimate of drug-likeness (QED) is 0.722. The van der Waals surface area contributed by atoms with E-state index < -0.39 is 0 Å². The third kappa shape index (κ3) is 2.60. The fourth-order valence-corrected chi connectivity index (χ4v) is 3.96. The van der Waals surface area contributed by atoms with E-state index in [9.17, 15) is 4.79 Å². The average Bonchev–Trinajstić information content (AvgIpc) is 3.15. The number of amides is 1. The number of fused-ring (bicyclic) bond motifs is 1. The molecule has 5 nitrogen and oxygen atoms in total. The molecule has 128 valence electrons. The number of hydrogen-bond donors (Lipinski definition) is 0. The zero-order valence-electron chi connectivity index (χ0n) is 14.8. The molecule has 0 radical (unpaired) electrons. The van der Waals surface area contributed by atoms with Gasteiger partial charge in [-0.15, -0.1) is 0 Å². The summed E-state index contributed by atoms with van der Waals surface area (Å²) >= 11 is 0. The molecule has 1 amide bonds. The summed E-state index contributed by atoms with van der Waals surface area (Å²) in [5.74, 6) is 0.450. The number of benzene rings is 1. The molecule has 0 saturated carbocycles. The highest BCUT2D eigenvalue weighted by Gasteiger charge is 2.35. The summed E-state index contributed by atoms with van der Waals surface area (Å²) in [6.45, 7) is 4.87. The van der Waals surface area contributed by atoms with Crippen LogP contribution in [-0.4, -0.2) is 38.2 Å². The Bertz CT molecular complexity index is 932. The first-order valence-corrected chi connectivity index (χ1v) is 8.71. The smallest absolute Gasteiger partial charge is 0.255 e. The monoisotopic (exact) mass is 334 g/mol. The van der Waals surface area contributed by atoms with Crippen molar-refractivity contribution in [2.75, 3.05) is 6.54 Å². The number of aromatic nitrogens is 3. The van der Waals surface area contributed by atoms with Gasteiger partial charge in [0.1, 0.15) is 0 Å². The summed E-state index contributed by atoms with van der Waals surface area (Å²) in [7, 11) is 1.87. The predicted molar refractivity (Wildman–Crippen MR) is 97.5 cm³/mol. The number of likely N-dealkylation sites (tertiary alicyclic amines) is 1. The molecule has 3 heterocycles. The molecule has 3 aromatic rings. The standard InChI is InChI=1S/C20H22N4O/c1-13-18-11-16(12-21-19(18)23(3)22-13)20(25)24-10-9-17(14(24)2)15-7-5-4-6-8-15/h4-8,11-12,14,17H,9-10H2,1-3H3. The summed E-state index contributed by atoms with van der Waals surface area (Å²) < 4.78 is 1.75. The van der Waals surface area contributed by atoms with Crippen molar-refractivity contribution >= 4 is 16.9 Å². The first kappa shape index (κ1) is 15.8. The summed E-state index contributed by atoms with van der Waals surface area (Å²) in [5.41, 5.74) is 3.66. The molecular formula is C20H22N4O. The molecule has 0 bridgehead atoms. The molecule has 2 aromatic heterocycles. The Morgan fingerprint density at radius 1 is 1.24 bits per heavy atom. The Labute approximate surface area is 147 Å². The van der Waals surface area contributed by atoms with Gasteiger partial charge in [-0.25, -0.2) is 4.98 Å². The number of hydrogen-bond acceptors (Lipinski definition) is 3. The van der Waals surface area contributed by atoms with Crippen LogP contribution in [0.2, 0.25) is 0 Å². The van der Waals surface area contributed by atoms with Gasteiger partial charge in [0.05, 0.1) is 11.3 Å². The van der Waals surface area contributed by atoms with Gasteiger partial charge in [0.25, 0.3) is 5.91 Å². The number of rotatable bonds is 2. The van der Waals surface area contributed by atoms with Crippen molar-refractivity contribution in [2.45, 2.75) is 32.2 Å². The molecule has 0 N–H and O–H groups in total. The minimum absolute atomic E-state index is 0.0589. The van der Waals surface area contributed by atoms with Crippen LogP contribution in [0.25, 0.3) is 11.0 Å². The first-order valence-electron chi connectivity index (χ1n) is 8.71. The van der Waals surface area contributed by atoms with E-state index >= 15 is 0 Å². The first-order chi connectivity index (χ1) is 12.1. The van der Waals surface area contributed by atoms with Gasteiger partial charge in [0.15, 0.2) is 5.65 Å². The molecule has 25 heavy (non-hydrogen) atoms. The third-order valence-electron chi connectivity index (χ3n) is 5.35. The van der Waals surface area contributed by atoms with Gasteiger partial charge >= 0.3 is 0 Å². The van der Waals surface area contributed by atoms with E-state index in [0.717, 1.165) is 29.7 Å². The Kier molecular flexibility index (Phi) is 3.79. The van der Waals surface area contributed by atoms with Gasteiger partial charge in [-0.2, -0.15) is 5.10 Å². The molecule has 1 saturated heterocycles. The van der Waals surface area contributed by atoms with E-state index in [4.69, 9.17) is 0 Å². The molecule has 1 aliphatic heterocycles. The van der Waals surface area contributed by atoms with Crippen molar-refractivity contribution in [1.82, 2.24) is 19.7 Å². The number of carbonyl (C=O) groups is 1. The lowest BCUT2D eigenvalue weighted by Gasteiger charge is -2.25. The lowest BCUT2D eigenvalue weighted by Crippen LogP contribution is -2.35. The SMILES string of the molecule is Cc1nn(C)c2ncc(C(=O)N3CCC(c4ccccc4)C3C)cc12. The van der Waals surface area contributed by atoms with Crippen LogP contribution in [0.1, 0.15) is 40.9 Å². The van der Waals surface area contributed by atoms with Gasteiger partial charge in [0, 0.05) is 37.1 Å². The van der Waals surface area contributed by atoms with Crippen molar-refractivity contribution in [2.24, 2.45) is 7.05 Å². The van der Waals surface area contributed by atoms with Crippen LogP contribution in [0.15, 0.2) is 42.6 Å². The maximum absolute atomic E-state index is 13.1. The van der Waals surface area contributed by atoms with Gasteiger partial charge in [0.2, 0.25) is 0 Å². The Morgan fingerprint density at radius 2 is 2.00 bits per heavy atom. The topological polar surface area (TPSA) is 51.0 Å². The molecule has 0 aliphatic carbocycles. The van der Waals surface area contributed by atoms with E-state index in [1.165, 1.54) is 5.56 Å². The highest BCUT2D eigenvalue weighted by atomic mass is 16.2. The van der Waals surface area contributed by atoms with Crippen LogP contribution < -0.4 is 0 Å². The van der Waals surface area contributed by atoms with E-state index in [2.05, 4.69) is 41.3 Å². The number of aryl methyl sites for hydroxylation is 2. The third-order valence-corrected chi connectivity index (χ3v) is 5.35. The highest BCUT2D eigenvalue weighted by Crippen LogP contribution is 2.34. The number of carbonyl (C=O) groups excluding carboxylic acids is 1. The number of pyridine rings is 1. The van der Waals surface area contributed by atoms with Crippen LogP contribution in [0.3, 0.4) is 0 Å². The zero-order chi connectivity index (χ0) is 17.6. The van der Waals surface area contributed by atoms with Crippen LogP contribution in [0.4, 0.5) is 0 Å². The molecule has 2 atom stereocenters. The van der Waals surface area contributed by atoms with Crippen molar-refractivity contribution in [3.05, 3.63) is 59.4 Å².